The van der Waals surface area contributed by atoms with Crippen LogP contribution in [0.3, 0.4) is 0 Å². The summed E-state index contributed by atoms with van der Waals surface area (Å²) in [4.78, 5) is 11.3. The van der Waals surface area contributed by atoms with E-state index in [-0.39, 0.29) is 5.97 Å². The monoisotopic (exact) mass is 249 g/mol. The van der Waals surface area contributed by atoms with Crippen molar-refractivity contribution in [3.63, 3.8) is 0 Å². The molecule has 1 aliphatic rings. The second kappa shape index (κ2) is 6.52. The van der Waals surface area contributed by atoms with Gasteiger partial charge < -0.3 is 14.8 Å². The summed E-state index contributed by atoms with van der Waals surface area (Å²) in [5.41, 5.74) is 1.65. The maximum Gasteiger partial charge on any atom is 0.337 e. The topological polar surface area (TPSA) is 47.6 Å². The van der Waals surface area contributed by atoms with Crippen LogP contribution in [-0.4, -0.2) is 32.8 Å². The molecular formula is C14H19NO3. The molecule has 2 rings (SSSR count). The summed E-state index contributed by atoms with van der Waals surface area (Å²) in [6.45, 7) is 3.55. The van der Waals surface area contributed by atoms with Gasteiger partial charge >= 0.3 is 5.97 Å². The lowest BCUT2D eigenvalue weighted by Gasteiger charge is -2.09. The van der Waals surface area contributed by atoms with Gasteiger partial charge in [-0.15, -0.1) is 0 Å². The third kappa shape index (κ3) is 3.55. The average molecular weight is 249 g/mol. The lowest BCUT2D eigenvalue weighted by molar-refractivity contribution is 0.0600. The van der Waals surface area contributed by atoms with Crippen molar-refractivity contribution in [1.82, 2.24) is 5.32 Å². The molecule has 1 aromatic carbocycles. The largest absolute Gasteiger partial charge is 0.465 e. The van der Waals surface area contributed by atoms with Crippen LogP contribution >= 0.6 is 0 Å². The molecule has 1 N–H and O–H groups in total. The van der Waals surface area contributed by atoms with Crippen molar-refractivity contribution in [2.75, 3.05) is 26.8 Å². The predicted molar refractivity (Wildman–Crippen MR) is 68.4 cm³/mol. The zero-order valence-corrected chi connectivity index (χ0v) is 10.6. The van der Waals surface area contributed by atoms with Gasteiger partial charge in [-0.25, -0.2) is 4.79 Å². The normalized spacial score (nSPS) is 18.8. The first kappa shape index (κ1) is 13.1. The molecule has 1 fully saturated rings. The van der Waals surface area contributed by atoms with E-state index in [0.29, 0.717) is 18.1 Å². The number of carbonyl (C=O) groups excluding carboxylic acids is 1. The summed E-state index contributed by atoms with van der Waals surface area (Å²) in [7, 11) is 1.38. The maximum atomic E-state index is 11.3. The van der Waals surface area contributed by atoms with Crippen LogP contribution in [0, 0.1) is 5.92 Å². The fraction of sp³-hybridized carbons (Fsp3) is 0.500. The Morgan fingerprint density at radius 2 is 2.17 bits per heavy atom. The smallest absolute Gasteiger partial charge is 0.337 e. The number of benzene rings is 1. The van der Waals surface area contributed by atoms with Crippen molar-refractivity contribution < 1.29 is 14.3 Å². The summed E-state index contributed by atoms with van der Waals surface area (Å²) >= 11 is 0. The molecule has 1 aromatic rings. The molecule has 0 spiro atoms. The van der Waals surface area contributed by atoms with Gasteiger partial charge in [0, 0.05) is 6.54 Å². The van der Waals surface area contributed by atoms with E-state index in [0.717, 1.165) is 25.3 Å². The first-order valence-electron chi connectivity index (χ1n) is 6.25. The van der Waals surface area contributed by atoms with E-state index >= 15 is 0 Å². The Labute approximate surface area is 107 Å². The van der Waals surface area contributed by atoms with E-state index in [1.165, 1.54) is 13.5 Å². The van der Waals surface area contributed by atoms with E-state index < -0.39 is 0 Å². The lowest BCUT2D eigenvalue weighted by atomic mass is 10.1. The zero-order chi connectivity index (χ0) is 12.8. The molecule has 0 bridgehead atoms. The summed E-state index contributed by atoms with van der Waals surface area (Å²) in [5.74, 6) is 0.332. The van der Waals surface area contributed by atoms with Gasteiger partial charge in [-0.3, -0.25) is 0 Å². The first-order valence-corrected chi connectivity index (χ1v) is 6.25. The Balaban J connectivity index is 1.77. The molecule has 0 saturated carbocycles. The van der Waals surface area contributed by atoms with Gasteiger partial charge in [0.1, 0.15) is 0 Å². The Morgan fingerprint density at radius 1 is 1.39 bits per heavy atom. The highest BCUT2D eigenvalue weighted by Crippen LogP contribution is 2.11. The van der Waals surface area contributed by atoms with Gasteiger partial charge in [0.2, 0.25) is 0 Å². The van der Waals surface area contributed by atoms with Crippen LogP contribution in [0.1, 0.15) is 22.3 Å². The molecule has 1 aliphatic heterocycles. The molecule has 1 atom stereocenters. The molecular weight excluding hydrogens is 230 g/mol. The van der Waals surface area contributed by atoms with Crippen LogP contribution < -0.4 is 5.32 Å². The van der Waals surface area contributed by atoms with Gasteiger partial charge in [-0.1, -0.05) is 12.1 Å². The number of hydrogen-bond acceptors (Lipinski definition) is 4. The molecule has 0 aliphatic carbocycles. The van der Waals surface area contributed by atoms with Gasteiger partial charge in [-0.05, 0) is 36.6 Å². The van der Waals surface area contributed by atoms with Gasteiger partial charge in [0.15, 0.2) is 0 Å². The van der Waals surface area contributed by atoms with Crippen LogP contribution in [0.25, 0.3) is 0 Å². The predicted octanol–water partition coefficient (Wildman–Crippen LogP) is 1.60. The van der Waals surface area contributed by atoms with Crippen molar-refractivity contribution in [3.8, 4) is 0 Å². The quantitative estimate of drug-likeness (QED) is 0.805. The Bertz CT molecular complexity index is 383. The number of methoxy groups -OCH3 is 1. The number of ether oxygens (including phenoxy) is 2. The molecule has 4 nitrogen and oxygen atoms in total. The summed E-state index contributed by atoms with van der Waals surface area (Å²) in [6.07, 6.45) is 1.20. The Kier molecular flexibility index (Phi) is 4.73. The highest BCUT2D eigenvalue weighted by Gasteiger charge is 2.14. The Hall–Kier alpha value is -1.39. The summed E-state index contributed by atoms with van der Waals surface area (Å²) in [5, 5.41) is 3.32. The summed E-state index contributed by atoms with van der Waals surface area (Å²) < 4.78 is 10.3. The molecule has 0 unspecified atom stereocenters. The van der Waals surface area contributed by atoms with E-state index in [9.17, 15) is 4.79 Å². The highest BCUT2D eigenvalue weighted by molar-refractivity contribution is 5.89. The summed E-state index contributed by atoms with van der Waals surface area (Å²) in [6, 6.07) is 7.33. The van der Waals surface area contributed by atoms with Crippen LogP contribution in [0.5, 0.6) is 0 Å². The fourth-order valence-electron chi connectivity index (χ4n) is 2.06. The van der Waals surface area contributed by atoms with Crippen molar-refractivity contribution in [2.45, 2.75) is 13.0 Å². The van der Waals surface area contributed by atoms with Crippen LogP contribution in [0.2, 0.25) is 0 Å². The minimum absolute atomic E-state index is 0.306. The molecule has 0 aromatic heterocycles. The van der Waals surface area contributed by atoms with Crippen molar-refractivity contribution in [3.05, 3.63) is 35.4 Å². The van der Waals surface area contributed by atoms with E-state index in [1.807, 2.05) is 12.1 Å². The molecule has 1 saturated heterocycles. The highest BCUT2D eigenvalue weighted by atomic mass is 16.5. The lowest BCUT2D eigenvalue weighted by Crippen LogP contribution is -2.13. The second-order valence-corrected chi connectivity index (χ2v) is 4.56. The molecule has 4 heteroatoms. The maximum absolute atomic E-state index is 11.3. The second-order valence-electron chi connectivity index (χ2n) is 4.56. The SMILES string of the molecule is COC(=O)c1ccc(COC[C@@H]2CCNC2)cc1. The standard InChI is InChI=1S/C14H19NO3/c1-17-14(16)13-4-2-11(3-5-13)9-18-10-12-6-7-15-8-12/h2-5,12,15H,6-10H2,1H3/t12-/m1/s1. The molecule has 1 heterocycles. The fourth-order valence-corrected chi connectivity index (χ4v) is 2.06. The van der Waals surface area contributed by atoms with Crippen LogP contribution in [-0.2, 0) is 16.1 Å². The van der Waals surface area contributed by atoms with Crippen LogP contribution in [0.4, 0.5) is 0 Å². The van der Waals surface area contributed by atoms with E-state index in [2.05, 4.69) is 10.1 Å². The number of carbonyl (C=O) groups is 1. The first-order chi connectivity index (χ1) is 8.79. The van der Waals surface area contributed by atoms with E-state index in [4.69, 9.17) is 4.74 Å². The third-order valence-electron chi connectivity index (χ3n) is 3.16. The van der Waals surface area contributed by atoms with Gasteiger partial charge in [0.05, 0.1) is 25.9 Å². The third-order valence-corrected chi connectivity index (χ3v) is 3.16. The number of hydrogen-bond donors (Lipinski definition) is 1. The van der Waals surface area contributed by atoms with Crippen molar-refractivity contribution in [1.29, 1.82) is 0 Å². The average Bonchev–Trinajstić information content (AvgIpc) is 2.92. The molecule has 98 valence electrons. The number of esters is 1. The number of nitrogens with one attached hydrogen (secondary N) is 1. The molecule has 0 radical (unpaired) electrons. The minimum Gasteiger partial charge on any atom is -0.465 e. The minimum atomic E-state index is -0.306. The van der Waals surface area contributed by atoms with Gasteiger partial charge in [0.25, 0.3) is 0 Å². The van der Waals surface area contributed by atoms with Gasteiger partial charge in [-0.2, -0.15) is 0 Å². The van der Waals surface area contributed by atoms with Crippen LogP contribution in [0.15, 0.2) is 24.3 Å². The molecule has 18 heavy (non-hydrogen) atoms. The molecule has 0 amide bonds. The zero-order valence-electron chi connectivity index (χ0n) is 10.6. The van der Waals surface area contributed by atoms with Crippen molar-refractivity contribution >= 4 is 5.97 Å². The van der Waals surface area contributed by atoms with E-state index in [1.54, 1.807) is 12.1 Å². The Morgan fingerprint density at radius 3 is 2.78 bits per heavy atom. The van der Waals surface area contributed by atoms with Crippen molar-refractivity contribution in [2.24, 2.45) is 5.92 Å². The number of rotatable bonds is 5.